The first kappa shape index (κ1) is 19.1. The molecule has 3 aromatic rings. The molecule has 2 aromatic heterocycles. The van der Waals surface area contributed by atoms with Gasteiger partial charge in [-0.3, -0.25) is 24.9 Å². The fraction of sp³-hybridized carbons (Fsp3) is 0.450. The number of hydrogen-bond donors (Lipinski definition) is 1. The number of rotatable bonds is 5. The second-order valence-corrected chi connectivity index (χ2v) is 7.57. The lowest BCUT2D eigenvalue weighted by atomic mass is 9.95. The summed E-state index contributed by atoms with van der Waals surface area (Å²) in [5, 5.41) is 18.3. The number of para-hydroxylation sites is 2. The smallest absolute Gasteiger partial charge is 0.307 e. The lowest BCUT2D eigenvalue weighted by molar-refractivity contribution is -0.386. The molecule has 0 bridgehead atoms. The second kappa shape index (κ2) is 7.65. The van der Waals surface area contributed by atoms with Gasteiger partial charge in [-0.05, 0) is 38.8 Å². The van der Waals surface area contributed by atoms with Crippen LogP contribution in [-0.2, 0) is 11.3 Å². The molecule has 1 aliphatic rings. The van der Waals surface area contributed by atoms with E-state index in [2.05, 4.69) is 20.0 Å². The van der Waals surface area contributed by atoms with Crippen molar-refractivity contribution in [2.75, 3.05) is 5.32 Å². The van der Waals surface area contributed by atoms with E-state index in [1.54, 1.807) is 13.8 Å². The van der Waals surface area contributed by atoms with Gasteiger partial charge in [0.2, 0.25) is 11.9 Å². The van der Waals surface area contributed by atoms with Crippen molar-refractivity contribution in [2.45, 2.75) is 58.5 Å². The molecule has 29 heavy (non-hydrogen) atoms. The van der Waals surface area contributed by atoms with Gasteiger partial charge < -0.3 is 4.57 Å². The molecule has 0 spiro atoms. The number of aromatic nitrogens is 4. The summed E-state index contributed by atoms with van der Waals surface area (Å²) in [6.45, 7) is 3.07. The number of anilines is 1. The van der Waals surface area contributed by atoms with Crippen molar-refractivity contribution in [3.63, 3.8) is 0 Å². The van der Waals surface area contributed by atoms with Crippen LogP contribution in [0.15, 0.2) is 24.3 Å². The number of benzene rings is 1. The van der Waals surface area contributed by atoms with Crippen molar-refractivity contribution >= 4 is 28.6 Å². The van der Waals surface area contributed by atoms with Gasteiger partial charge in [0.05, 0.1) is 16.0 Å². The predicted octanol–water partition coefficient (Wildman–Crippen LogP) is 3.90. The highest BCUT2D eigenvalue weighted by atomic mass is 16.6. The molecule has 9 heteroatoms. The van der Waals surface area contributed by atoms with Crippen LogP contribution in [0.2, 0.25) is 0 Å². The summed E-state index contributed by atoms with van der Waals surface area (Å²) in [4.78, 5) is 28.1. The summed E-state index contributed by atoms with van der Waals surface area (Å²) in [5.41, 5.74) is 2.47. The zero-order chi connectivity index (χ0) is 20.5. The van der Waals surface area contributed by atoms with Gasteiger partial charge in [0.25, 0.3) is 0 Å². The quantitative estimate of drug-likeness (QED) is 0.520. The van der Waals surface area contributed by atoms with E-state index in [0.717, 1.165) is 23.9 Å². The summed E-state index contributed by atoms with van der Waals surface area (Å²) in [7, 11) is 0. The molecule has 9 nitrogen and oxygen atoms in total. The van der Waals surface area contributed by atoms with Crippen molar-refractivity contribution in [1.82, 2.24) is 19.3 Å². The molecule has 1 amide bonds. The highest BCUT2D eigenvalue weighted by molar-refractivity contribution is 5.91. The van der Waals surface area contributed by atoms with Crippen LogP contribution in [0.1, 0.15) is 49.5 Å². The average Bonchev–Trinajstić information content (AvgIpc) is 3.18. The number of nitrogens with one attached hydrogen (secondary N) is 1. The van der Waals surface area contributed by atoms with Crippen LogP contribution in [0.4, 0.5) is 11.6 Å². The monoisotopic (exact) mass is 396 g/mol. The highest BCUT2D eigenvalue weighted by Crippen LogP contribution is 2.34. The maximum atomic E-state index is 12.7. The number of hydrogen-bond acceptors (Lipinski definition) is 5. The van der Waals surface area contributed by atoms with Gasteiger partial charge in [-0.2, -0.15) is 5.10 Å². The Hall–Kier alpha value is -3.23. The molecular weight excluding hydrogens is 372 g/mol. The third-order valence-corrected chi connectivity index (χ3v) is 5.61. The molecule has 2 heterocycles. The number of amides is 1. The first-order chi connectivity index (χ1) is 14.0. The van der Waals surface area contributed by atoms with Crippen LogP contribution in [0.25, 0.3) is 11.0 Å². The van der Waals surface area contributed by atoms with E-state index in [0.29, 0.717) is 23.4 Å². The van der Waals surface area contributed by atoms with Gasteiger partial charge in [-0.15, -0.1) is 0 Å². The Morgan fingerprint density at radius 3 is 2.66 bits per heavy atom. The van der Waals surface area contributed by atoms with Crippen LogP contribution in [0.3, 0.4) is 0 Å². The molecular formula is C20H24N6O3. The minimum Gasteiger partial charge on any atom is -0.307 e. The predicted molar refractivity (Wildman–Crippen MR) is 109 cm³/mol. The average molecular weight is 396 g/mol. The third kappa shape index (κ3) is 3.59. The molecule has 4 rings (SSSR count). The van der Waals surface area contributed by atoms with Crippen molar-refractivity contribution in [3.8, 4) is 0 Å². The SMILES string of the molecule is Cc1nn(CC(=O)Nc2nc3ccccc3n2C2CCCCC2)c(C)c1[N+](=O)[O-]. The topological polar surface area (TPSA) is 108 Å². The van der Waals surface area contributed by atoms with Crippen molar-refractivity contribution in [2.24, 2.45) is 0 Å². The van der Waals surface area contributed by atoms with Crippen LogP contribution in [-0.4, -0.2) is 30.2 Å². The maximum Gasteiger partial charge on any atom is 0.312 e. The van der Waals surface area contributed by atoms with Crippen molar-refractivity contribution in [3.05, 3.63) is 45.8 Å². The zero-order valence-corrected chi connectivity index (χ0v) is 16.6. The van der Waals surface area contributed by atoms with E-state index in [1.807, 2.05) is 24.3 Å². The number of aryl methyl sites for hydroxylation is 1. The highest BCUT2D eigenvalue weighted by Gasteiger charge is 2.25. The van der Waals surface area contributed by atoms with E-state index < -0.39 is 4.92 Å². The van der Waals surface area contributed by atoms with E-state index in [-0.39, 0.29) is 18.1 Å². The van der Waals surface area contributed by atoms with Crippen molar-refractivity contribution in [1.29, 1.82) is 0 Å². The number of imidazole rings is 1. The largest absolute Gasteiger partial charge is 0.312 e. The first-order valence-corrected chi connectivity index (χ1v) is 9.91. The summed E-state index contributed by atoms with van der Waals surface area (Å²) >= 11 is 0. The summed E-state index contributed by atoms with van der Waals surface area (Å²) < 4.78 is 3.51. The fourth-order valence-corrected chi connectivity index (χ4v) is 4.25. The molecule has 152 valence electrons. The van der Waals surface area contributed by atoms with E-state index in [9.17, 15) is 14.9 Å². The molecule has 0 saturated heterocycles. The van der Waals surface area contributed by atoms with Gasteiger partial charge in [-0.1, -0.05) is 31.4 Å². The molecule has 0 unspecified atom stereocenters. The molecule has 1 N–H and O–H groups in total. The Balaban J connectivity index is 1.62. The maximum absolute atomic E-state index is 12.7. The van der Waals surface area contributed by atoms with E-state index in [1.165, 1.54) is 23.9 Å². The summed E-state index contributed by atoms with van der Waals surface area (Å²) in [6.07, 6.45) is 5.70. The minimum atomic E-state index is -0.464. The Labute approximate surface area is 167 Å². The van der Waals surface area contributed by atoms with Crippen LogP contribution in [0.5, 0.6) is 0 Å². The van der Waals surface area contributed by atoms with E-state index in [4.69, 9.17) is 0 Å². The lowest BCUT2D eigenvalue weighted by Gasteiger charge is -2.25. The molecule has 0 radical (unpaired) electrons. The lowest BCUT2D eigenvalue weighted by Crippen LogP contribution is -2.24. The van der Waals surface area contributed by atoms with Crippen molar-refractivity contribution < 1.29 is 9.72 Å². The Morgan fingerprint density at radius 1 is 1.24 bits per heavy atom. The molecule has 1 aliphatic carbocycles. The minimum absolute atomic E-state index is 0.0488. The molecule has 0 aliphatic heterocycles. The van der Waals surface area contributed by atoms with Gasteiger partial charge >= 0.3 is 5.69 Å². The van der Waals surface area contributed by atoms with Crippen LogP contribution < -0.4 is 5.32 Å². The molecule has 1 saturated carbocycles. The standard InChI is InChI=1S/C20H24N6O3/c1-13-19(26(28)29)14(2)24(23-13)12-18(27)22-20-21-16-10-6-7-11-17(16)25(20)15-8-4-3-5-9-15/h6-7,10-11,15H,3-5,8-9,12H2,1-2H3,(H,21,22,27). The number of fused-ring (bicyclic) bond motifs is 1. The Morgan fingerprint density at radius 2 is 1.97 bits per heavy atom. The van der Waals surface area contributed by atoms with Crippen LogP contribution in [0, 0.1) is 24.0 Å². The molecule has 1 fully saturated rings. The molecule has 1 aromatic carbocycles. The third-order valence-electron chi connectivity index (χ3n) is 5.61. The Bertz CT molecular complexity index is 1080. The number of nitrogens with zero attached hydrogens (tertiary/aromatic N) is 5. The number of carbonyl (C=O) groups excluding carboxylic acids is 1. The fourth-order valence-electron chi connectivity index (χ4n) is 4.25. The van der Waals surface area contributed by atoms with Gasteiger partial charge in [-0.25, -0.2) is 4.98 Å². The zero-order valence-electron chi connectivity index (χ0n) is 16.6. The first-order valence-electron chi connectivity index (χ1n) is 9.91. The van der Waals surface area contributed by atoms with Crippen LogP contribution >= 0.6 is 0 Å². The second-order valence-electron chi connectivity index (χ2n) is 7.57. The summed E-state index contributed by atoms with van der Waals surface area (Å²) in [6, 6.07) is 8.18. The Kier molecular flexibility index (Phi) is 5.04. The van der Waals surface area contributed by atoms with Gasteiger partial charge in [0.15, 0.2) is 0 Å². The van der Waals surface area contributed by atoms with Gasteiger partial charge in [0, 0.05) is 6.04 Å². The molecule has 0 atom stereocenters. The normalized spacial score (nSPS) is 15.0. The number of nitro groups is 1. The summed E-state index contributed by atoms with van der Waals surface area (Å²) in [5.74, 6) is 0.219. The number of carbonyl (C=O) groups is 1. The van der Waals surface area contributed by atoms with Gasteiger partial charge in [0.1, 0.15) is 17.9 Å². The van der Waals surface area contributed by atoms with E-state index >= 15 is 0 Å².